The van der Waals surface area contributed by atoms with Crippen molar-refractivity contribution in [3.63, 3.8) is 0 Å². The highest BCUT2D eigenvalue weighted by Gasteiger charge is 2.30. The van der Waals surface area contributed by atoms with Gasteiger partial charge in [0.1, 0.15) is 6.73 Å². The normalized spacial score (nSPS) is 16.7. The Bertz CT molecular complexity index is 1030. The lowest BCUT2D eigenvalue weighted by atomic mass is 9.92. The van der Waals surface area contributed by atoms with Crippen molar-refractivity contribution in [3.05, 3.63) is 46.0 Å². The van der Waals surface area contributed by atoms with Crippen LogP contribution in [0.4, 0.5) is 4.39 Å². The molecule has 0 radical (unpaired) electrons. The molecule has 2 aromatic rings. The van der Waals surface area contributed by atoms with Gasteiger partial charge in [-0.1, -0.05) is 19.6 Å². The molecular formula is C26H40FN3O4Si. The number of hydrogen-bond acceptors (Lipinski definition) is 5. The SMILES string of the molecule is Cc1nn(COCC[Si](C)(C)C)c(C)c1CCCOc1c(F)ccc(C(=O)O)c1C1CCN(C)C1. The molecule has 0 aliphatic carbocycles. The Morgan fingerprint density at radius 1 is 1.26 bits per heavy atom. The summed E-state index contributed by atoms with van der Waals surface area (Å²) in [5, 5.41) is 14.3. The van der Waals surface area contributed by atoms with Gasteiger partial charge in [-0.3, -0.25) is 0 Å². The molecule has 3 rings (SSSR count). The van der Waals surface area contributed by atoms with E-state index in [0.717, 1.165) is 49.0 Å². The van der Waals surface area contributed by atoms with Crippen LogP contribution in [-0.4, -0.2) is 67.2 Å². The number of carbonyl (C=O) groups is 1. The van der Waals surface area contributed by atoms with Gasteiger partial charge in [-0.15, -0.1) is 0 Å². The third-order valence-electron chi connectivity index (χ3n) is 6.74. The largest absolute Gasteiger partial charge is 0.490 e. The Kier molecular flexibility index (Phi) is 9.12. The van der Waals surface area contributed by atoms with Crippen LogP contribution >= 0.6 is 0 Å². The minimum Gasteiger partial charge on any atom is -0.490 e. The van der Waals surface area contributed by atoms with Crippen LogP contribution in [0.15, 0.2) is 12.1 Å². The van der Waals surface area contributed by atoms with Crippen molar-refractivity contribution in [1.29, 1.82) is 0 Å². The van der Waals surface area contributed by atoms with Crippen LogP contribution in [0.3, 0.4) is 0 Å². The van der Waals surface area contributed by atoms with E-state index in [2.05, 4.69) is 29.6 Å². The van der Waals surface area contributed by atoms with E-state index in [1.54, 1.807) is 0 Å². The van der Waals surface area contributed by atoms with Gasteiger partial charge in [0, 0.05) is 38.4 Å². The van der Waals surface area contributed by atoms with Crippen molar-refractivity contribution in [2.75, 3.05) is 33.4 Å². The molecule has 1 aliphatic rings. The summed E-state index contributed by atoms with van der Waals surface area (Å²) >= 11 is 0. The van der Waals surface area contributed by atoms with Gasteiger partial charge in [0.05, 0.1) is 17.9 Å². The van der Waals surface area contributed by atoms with Gasteiger partial charge >= 0.3 is 5.97 Å². The first-order chi connectivity index (χ1) is 16.5. The summed E-state index contributed by atoms with van der Waals surface area (Å²) in [4.78, 5) is 14.0. The number of carboxylic acid groups (broad SMARTS) is 1. The van der Waals surface area contributed by atoms with Crippen molar-refractivity contribution in [1.82, 2.24) is 14.7 Å². The van der Waals surface area contributed by atoms with Crippen LogP contribution in [0, 0.1) is 19.7 Å². The van der Waals surface area contributed by atoms with Crippen LogP contribution in [0.2, 0.25) is 25.7 Å². The molecule has 0 amide bonds. The van der Waals surface area contributed by atoms with E-state index in [1.165, 1.54) is 12.1 Å². The number of aryl methyl sites for hydroxylation is 1. The summed E-state index contributed by atoms with van der Waals surface area (Å²) in [6, 6.07) is 3.67. The number of benzene rings is 1. The Morgan fingerprint density at radius 2 is 2.00 bits per heavy atom. The molecular weight excluding hydrogens is 465 g/mol. The van der Waals surface area contributed by atoms with Crippen molar-refractivity contribution < 1.29 is 23.8 Å². The van der Waals surface area contributed by atoms with E-state index in [0.29, 0.717) is 31.9 Å². The third-order valence-corrected chi connectivity index (χ3v) is 8.44. The topological polar surface area (TPSA) is 76.8 Å². The summed E-state index contributed by atoms with van der Waals surface area (Å²) < 4.78 is 28.5. The number of aromatic carboxylic acids is 1. The average Bonchev–Trinajstić information content (AvgIpc) is 3.31. The first kappa shape index (κ1) is 27.4. The van der Waals surface area contributed by atoms with Crippen molar-refractivity contribution in [3.8, 4) is 5.75 Å². The van der Waals surface area contributed by atoms with Gasteiger partial charge in [-0.25, -0.2) is 13.9 Å². The summed E-state index contributed by atoms with van der Waals surface area (Å²) in [5.41, 5.74) is 3.80. The molecule has 0 bridgehead atoms. The molecule has 1 saturated heterocycles. The minimum atomic E-state index is -1.13. The number of carboxylic acids is 1. The van der Waals surface area contributed by atoms with E-state index in [1.807, 2.05) is 25.6 Å². The number of nitrogens with zero attached hydrogens (tertiary/aromatic N) is 3. The van der Waals surface area contributed by atoms with Crippen molar-refractivity contribution in [2.45, 2.75) is 71.4 Å². The van der Waals surface area contributed by atoms with Crippen LogP contribution in [-0.2, 0) is 17.9 Å². The molecule has 1 aromatic heterocycles. The van der Waals surface area contributed by atoms with Crippen molar-refractivity contribution in [2.24, 2.45) is 0 Å². The first-order valence-electron chi connectivity index (χ1n) is 12.5. The maximum absolute atomic E-state index is 14.8. The third kappa shape index (κ3) is 7.14. The van der Waals surface area contributed by atoms with Gasteiger partial charge in [0.15, 0.2) is 11.6 Å². The van der Waals surface area contributed by atoms with Crippen molar-refractivity contribution >= 4 is 14.0 Å². The molecule has 9 heteroatoms. The molecule has 2 heterocycles. The Morgan fingerprint density at radius 3 is 2.63 bits per heavy atom. The molecule has 1 N–H and O–H groups in total. The second-order valence-electron chi connectivity index (χ2n) is 10.8. The van der Waals surface area contributed by atoms with Crippen LogP contribution in [0.5, 0.6) is 5.75 Å². The molecule has 0 saturated carbocycles. The Hall–Kier alpha value is -2.23. The predicted molar refractivity (Wildman–Crippen MR) is 138 cm³/mol. The number of aromatic nitrogens is 2. The van der Waals surface area contributed by atoms with E-state index in [4.69, 9.17) is 9.47 Å². The van der Waals surface area contributed by atoms with Crippen LogP contribution in [0.1, 0.15) is 51.6 Å². The summed E-state index contributed by atoms with van der Waals surface area (Å²) in [6.07, 6.45) is 2.20. The molecule has 1 aliphatic heterocycles. The molecule has 7 nitrogen and oxygen atoms in total. The first-order valence-corrected chi connectivity index (χ1v) is 16.2. The molecule has 35 heavy (non-hydrogen) atoms. The lowest BCUT2D eigenvalue weighted by molar-refractivity contribution is 0.0694. The molecule has 1 atom stereocenters. The van der Waals surface area contributed by atoms with E-state index in [-0.39, 0.29) is 17.2 Å². The Balaban J connectivity index is 1.63. The molecule has 1 aromatic carbocycles. The number of likely N-dealkylation sites (tertiary alicyclic amines) is 1. The second-order valence-corrected chi connectivity index (χ2v) is 16.5. The highest BCUT2D eigenvalue weighted by molar-refractivity contribution is 6.76. The zero-order valence-electron chi connectivity index (χ0n) is 22.0. The molecule has 1 unspecified atom stereocenters. The molecule has 0 spiro atoms. The van der Waals surface area contributed by atoms with E-state index < -0.39 is 19.9 Å². The maximum Gasteiger partial charge on any atom is 0.336 e. The number of ether oxygens (including phenoxy) is 2. The van der Waals surface area contributed by atoms with Gasteiger partial charge in [0.25, 0.3) is 0 Å². The van der Waals surface area contributed by atoms with Gasteiger partial charge < -0.3 is 19.5 Å². The number of halogens is 1. The lowest BCUT2D eigenvalue weighted by Crippen LogP contribution is -2.22. The standard InChI is InChI=1S/C26H40FN3O4Si/c1-18-21(19(2)30(28-18)17-33-14-15-35(4,5)6)8-7-13-34-25-23(27)10-9-22(26(31)32)24(25)20-11-12-29(3)16-20/h9-10,20H,7-8,11-17H2,1-6H3,(H,31,32). The van der Waals surface area contributed by atoms with Crippen LogP contribution in [0.25, 0.3) is 0 Å². The summed E-state index contributed by atoms with van der Waals surface area (Å²) in [7, 11) is 0.863. The van der Waals surface area contributed by atoms with Crippen LogP contribution < -0.4 is 4.74 Å². The molecule has 194 valence electrons. The number of hydrogen-bond donors (Lipinski definition) is 1. The van der Waals surface area contributed by atoms with E-state index in [9.17, 15) is 14.3 Å². The predicted octanol–water partition coefficient (Wildman–Crippen LogP) is 5.08. The fraction of sp³-hybridized carbons (Fsp3) is 0.615. The molecule has 1 fully saturated rings. The summed E-state index contributed by atoms with van der Waals surface area (Å²) in [5.74, 6) is -1.52. The number of rotatable bonds is 12. The fourth-order valence-electron chi connectivity index (χ4n) is 4.66. The number of likely N-dealkylation sites (N-methyl/N-ethyl adjacent to an activating group) is 1. The minimum absolute atomic E-state index is 0.0551. The summed E-state index contributed by atoms with van der Waals surface area (Å²) in [6.45, 7) is 14.1. The zero-order chi connectivity index (χ0) is 25.8. The maximum atomic E-state index is 14.8. The average molecular weight is 506 g/mol. The van der Waals surface area contributed by atoms with E-state index >= 15 is 0 Å². The monoisotopic (exact) mass is 505 g/mol. The second kappa shape index (κ2) is 11.7. The highest BCUT2D eigenvalue weighted by atomic mass is 28.3. The highest BCUT2D eigenvalue weighted by Crippen LogP contribution is 2.38. The van der Waals surface area contributed by atoms with Gasteiger partial charge in [-0.2, -0.15) is 5.10 Å². The zero-order valence-corrected chi connectivity index (χ0v) is 23.0. The van der Waals surface area contributed by atoms with Gasteiger partial charge in [-0.05, 0) is 70.4 Å². The smallest absolute Gasteiger partial charge is 0.336 e. The quantitative estimate of drug-likeness (QED) is 0.320. The lowest BCUT2D eigenvalue weighted by Gasteiger charge is -2.19. The fourth-order valence-corrected chi connectivity index (χ4v) is 5.41. The van der Waals surface area contributed by atoms with Gasteiger partial charge in [0.2, 0.25) is 0 Å². The Labute approximate surface area is 209 Å².